The summed E-state index contributed by atoms with van der Waals surface area (Å²) in [5.41, 5.74) is 1.15. The van der Waals surface area contributed by atoms with Crippen molar-refractivity contribution in [3.8, 4) is 5.75 Å². The molecule has 0 unspecified atom stereocenters. The first-order chi connectivity index (χ1) is 14.8. The van der Waals surface area contributed by atoms with Gasteiger partial charge in [-0.05, 0) is 18.2 Å². The van der Waals surface area contributed by atoms with E-state index in [0.717, 1.165) is 24.4 Å². The summed E-state index contributed by atoms with van der Waals surface area (Å²) >= 11 is 0. The Morgan fingerprint density at radius 3 is 2.55 bits per heavy atom. The Morgan fingerprint density at radius 1 is 1.13 bits per heavy atom. The molecule has 1 aromatic heterocycles. The van der Waals surface area contributed by atoms with E-state index >= 15 is 0 Å². The van der Waals surface area contributed by atoms with Gasteiger partial charge in [-0.1, -0.05) is 32.0 Å². The highest BCUT2D eigenvalue weighted by Crippen LogP contribution is 2.24. The number of carbonyl (C=O) groups excluding carboxylic acids is 1. The molecule has 0 spiro atoms. The third-order valence-electron chi connectivity index (χ3n) is 5.11. The summed E-state index contributed by atoms with van der Waals surface area (Å²) in [6.45, 7) is 7.53. The van der Waals surface area contributed by atoms with Gasteiger partial charge in [0, 0.05) is 56.1 Å². The van der Waals surface area contributed by atoms with Gasteiger partial charge < -0.3 is 14.5 Å². The third-order valence-corrected chi connectivity index (χ3v) is 5.11. The number of aromatic nitrogens is 1. The van der Waals surface area contributed by atoms with E-state index in [-0.39, 0.29) is 12.5 Å². The minimum absolute atomic E-state index is 0.00987. The highest BCUT2D eigenvalue weighted by atomic mass is 16.9. The van der Waals surface area contributed by atoms with E-state index in [4.69, 9.17) is 4.74 Å². The molecule has 2 aromatic rings. The van der Waals surface area contributed by atoms with Gasteiger partial charge in [0.2, 0.25) is 0 Å². The van der Waals surface area contributed by atoms with Crippen LogP contribution in [-0.2, 0) is 11.4 Å². The van der Waals surface area contributed by atoms with Crippen molar-refractivity contribution in [3.05, 3.63) is 70.0 Å². The van der Waals surface area contributed by atoms with Crippen LogP contribution in [0.3, 0.4) is 0 Å². The van der Waals surface area contributed by atoms with Gasteiger partial charge in [0.15, 0.2) is 0 Å². The van der Waals surface area contributed by atoms with Gasteiger partial charge in [0.05, 0.1) is 12.2 Å². The number of amides is 1. The molecule has 0 atom stereocenters. The Kier molecular flexibility index (Phi) is 7.41. The Hall–Kier alpha value is -3.20. The van der Waals surface area contributed by atoms with Gasteiger partial charge in [-0.15, -0.1) is 10.1 Å². The maximum absolute atomic E-state index is 12.6. The number of carbonyl (C=O) groups is 1. The van der Waals surface area contributed by atoms with E-state index < -0.39 is 10.5 Å². The monoisotopic (exact) mass is 428 g/mol. The molecule has 166 valence electrons. The van der Waals surface area contributed by atoms with Crippen LogP contribution in [0.4, 0.5) is 0 Å². The van der Waals surface area contributed by atoms with Crippen molar-refractivity contribution in [1.82, 2.24) is 14.8 Å². The van der Waals surface area contributed by atoms with Crippen molar-refractivity contribution in [2.45, 2.75) is 20.4 Å². The molecule has 0 N–H and O–H groups in total. The van der Waals surface area contributed by atoms with Crippen LogP contribution in [0.15, 0.2) is 48.8 Å². The third kappa shape index (κ3) is 6.65. The summed E-state index contributed by atoms with van der Waals surface area (Å²) < 4.78 is 5.99. The van der Waals surface area contributed by atoms with Crippen LogP contribution in [0.2, 0.25) is 0 Å². The molecule has 0 aliphatic carbocycles. The van der Waals surface area contributed by atoms with Crippen LogP contribution in [0.1, 0.15) is 29.8 Å². The Bertz CT molecular complexity index is 882. The highest BCUT2D eigenvalue weighted by molar-refractivity contribution is 5.93. The van der Waals surface area contributed by atoms with Crippen molar-refractivity contribution in [2.75, 3.05) is 39.4 Å². The minimum Gasteiger partial charge on any atom is -0.493 e. The van der Waals surface area contributed by atoms with Crippen LogP contribution in [0.5, 0.6) is 5.75 Å². The summed E-state index contributed by atoms with van der Waals surface area (Å²) in [5, 5.41) is 9.67. The number of hydrogen-bond acceptors (Lipinski definition) is 7. The molecule has 1 amide bonds. The number of benzene rings is 1. The van der Waals surface area contributed by atoms with E-state index in [0.29, 0.717) is 31.8 Å². The molecule has 0 radical (unpaired) electrons. The number of hydrogen-bond donors (Lipinski definition) is 0. The predicted octanol–water partition coefficient (Wildman–Crippen LogP) is 2.65. The van der Waals surface area contributed by atoms with Gasteiger partial charge in [0.1, 0.15) is 12.4 Å². The average Bonchev–Trinajstić information content (AvgIpc) is 2.78. The van der Waals surface area contributed by atoms with Crippen LogP contribution in [-0.4, -0.2) is 65.2 Å². The molecular weight excluding hydrogens is 400 g/mol. The van der Waals surface area contributed by atoms with Gasteiger partial charge in [0.25, 0.3) is 11.0 Å². The molecule has 3 rings (SSSR count). The molecule has 1 fully saturated rings. The van der Waals surface area contributed by atoms with Gasteiger partial charge in [-0.3, -0.25) is 14.7 Å². The second-order valence-electron chi connectivity index (χ2n) is 8.37. The lowest BCUT2D eigenvalue weighted by Crippen LogP contribution is -2.48. The molecule has 1 aliphatic heterocycles. The fourth-order valence-electron chi connectivity index (χ4n) is 3.34. The lowest BCUT2D eigenvalue weighted by atomic mass is 9.96. The van der Waals surface area contributed by atoms with Crippen LogP contribution < -0.4 is 4.74 Å². The second kappa shape index (κ2) is 10.2. The van der Waals surface area contributed by atoms with Crippen LogP contribution >= 0.6 is 0 Å². The number of rotatable bonds is 9. The normalized spacial score (nSPS) is 14.8. The maximum Gasteiger partial charge on any atom is 0.294 e. The zero-order valence-electron chi connectivity index (χ0n) is 17.9. The van der Waals surface area contributed by atoms with Crippen molar-refractivity contribution >= 4 is 5.91 Å². The van der Waals surface area contributed by atoms with Crippen molar-refractivity contribution in [2.24, 2.45) is 5.41 Å². The molecule has 1 aromatic carbocycles. The quantitative estimate of drug-likeness (QED) is 0.447. The molecule has 9 nitrogen and oxygen atoms in total. The summed E-state index contributed by atoms with van der Waals surface area (Å²) in [6.07, 6.45) is 3.26. The van der Waals surface area contributed by atoms with Crippen molar-refractivity contribution in [1.29, 1.82) is 0 Å². The average molecular weight is 428 g/mol. The highest BCUT2D eigenvalue weighted by Gasteiger charge is 2.24. The molecule has 1 saturated heterocycles. The smallest absolute Gasteiger partial charge is 0.294 e. The molecule has 0 bridgehead atoms. The first-order valence-electron chi connectivity index (χ1n) is 10.2. The molecule has 2 heterocycles. The van der Waals surface area contributed by atoms with E-state index in [2.05, 4.69) is 14.7 Å². The summed E-state index contributed by atoms with van der Waals surface area (Å²) in [5.74, 6) is 0.765. The lowest BCUT2D eigenvalue weighted by molar-refractivity contribution is -0.760. The van der Waals surface area contributed by atoms with Crippen molar-refractivity contribution < 1.29 is 19.5 Å². The number of nitrogens with zero attached hydrogens (tertiary/aromatic N) is 4. The SMILES string of the molecule is CC(C)(COc1ccccc1CN1CCN(C(=O)c2cccnc2)CC1)CO[N+](=O)[O-]. The first kappa shape index (κ1) is 22.5. The Balaban J connectivity index is 1.53. The lowest BCUT2D eigenvalue weighted by Gasteiger charge is -2.35. The maximum atomic E-state index is 12.6. The summed E-state index contributed by atoms with van der Waals surface area (Å²) in [7, 11) is 0. The van der Waals surface area contributed by atoms with Crippen LogP contribution in [0.25, 0.3) is 0 Å². The van der Waals surface area contributed by atoms with Crippen LogP contribution in [0, 0.1) is 15.5 Å². The van der Waals surface area contributed by atoms with Gasteiger partial charge in [-0.2, -0.15) is 0 Å². The van der Waals surface area contributed by atoms with E-state index in [1.807, 2.05) is 43.0 Å². The standard InChI is InChI=1S/C22H28N4O5/c1-22(2,17-31-26(28)29)16-30-20-8-4-3-6-19(20)15-24-10-12-25(13-11-24)21(27)18-7-5-9-23-14-18/h3-9,14H,10-13,15-17H2,1-2H3. The summed E-state index contributed by atoms with van der Waals surface area (Å²) in [4.78, 5) is 35.7. The molecule has 0 saturated carbocycles. The predicted molar refractivity (Wildman–Crippen MR) is 114 cm³/mol. The van der Waals surface area contributed by atoms with Crippen molar-refractivity contribution in [3.63, 3.8) is 0 Å². The first-order valence-corrected chi connectivity index (χ1v) is 10.2. The second-order valence-corrected chi connectivity index (χ2v) is 8.37. The van der Waals surface area contributed by atoms with E-state index in [1.54, 1.807) is 24.5 Å². The zero-order chi connectivity index (χ0) is 22.3. The molecule has 9 heteroatoms. The molecule has 31 heavy (non-hydrogen) atoms. The largest absolute Gasteiger partial charge is 0.493 e. The number of ether oxygens (including phenoxy) is 1. The fraction of sp³-hybridized carbons (Fsp3) is 0.455. The topological polar surface area (TPSA) is 98.0 Å². The van der Waals surface area contributed by atoms with E-state index in [1.165, 1.54) is 0 Å². The van der Waals surface area contributed by atoms with Gasteiger partial charge >= 0.3 is 0 Å². The minimum atomic E-state index is -0.783. The molecular formula is C22H28N4O5. The van der Waals surface area contributed by atoms with E-state index in [9.17, 15) is 14.9 Å². The number of pyridine rings is 1. The Labute approximate surface area is 181 Å². The fourth-order valence-corrected chi connectivity index (χ4v) is 3.34. The van der Waals surface area contributed by atoms with Gasteiger partial charge in [-0.25, -0.2) is 0 Å². The number of para-hydroxylation sites is 1. The zero-order valence-corrected chi connectivity index (χ0v) is 17.9. The molecule has 1 aliphatic rings. The summed E-state index contributed by atoms with van der Waals surface area (Å²) in [6, 6.07) is 11.3. The number of piperazine rings is 1. The Morgan fingerprint density at radius 2 is 1.87 bits per heavy atom.